The number of aliphatic imine (C=N–C) groups is 1. The maximum atomic E-state index is 4.45. The highest BCUT2D eigenvalue weighted by Crippen LogP contribution is 2.21. The number of nitrogens with zero attached hydrogens (tertiary/aromatic N) is 3. The van der Waals surface area contributed by atoms with E-state index in [2.05, 4.69) is 45.8 Å². The second-order valence-corrected chi connectivity index (χ2v) is 7.43. The third-order valence-electron chi connectivity index (χ3n) is 3.45. The first-order valence-electron chi connectivity index (χ1n) is 7.27. The minimum absolute atomic E-state index is 0.730. The van der Waals surface area contributed by atoms with Gasteiger partial charge in [-0.1, -0.05) is 13.8 Å². The van der Waals surface area contributed by atoms with Crippen LogP contribution in [0.1, 0.15) is 30.2 Å². The Morgan fingerprint density at radius 3 is 3.05 bits per heavy atom. The van der Waals surface area contributed by atoms with Crippen molar-refractivity contribution in [2.24, 2.45) is 4.99 Å². The van der Waals surface area contributed by atoms with Crippen molar-refractivity contribution >= 4 is 29.1 Å². The fraction of sp³-hybridized carbons (Fsp3) is 0.714. The molecule has 2 heterocycles. The van der Waals surface area contributed by atoms with Crippen LogP contribution in [0.4, 0.5) is 0 Å². The van der Waals surface area contributed by atoms with Crippen LogP contribution in [0.3, 0.4) is 0 Å². The number of thioether (sulfide) groups is 1. The van der Waals surface area contributed by atoms with Crippen LogP contribution >= 0.6 is 23.1 Å². The van der Waals surface area contributed by atoms with Crippen LogP contribution in [0.15, 0.2) is 11.2 Å². The highest BCUT2D eigenvalue weighted by Gasteiger charge is 2.21. The Hall–Kier alpha value is -0.750. The first-order chi connectivity index (χ1) is 9.76. The molecular formula is C14H24N4S2. The molecule has 0 spiro atoms. The zero-order valence-corrected chi connectivity index (χ0v) is 14.2. The van der Waals surface area contributed by atoms with Crippen molar-refractivity contribution in [1.29, 1.82) is 0 Å². The summed E-state index contributed by atoms with van der Waals surface area (Å²) in [5.74, 6) is 2.20. The highest BCUT2D eigenvalue weighted by atomic mass is 32.2. The van der Waals surface area contributed by atoms with Crippen LogP contribution in [-0.2, 0) is 13.0 Å². The monoisotopic (exact) mass is 312 g/mol. The predicted octanol–water partition coefficient (Wildman–Crippen LogP) is 2.61. The molecule has 1 atom stereocenters. The Bertz CT molecular complexity index is 444. The number of thiazole rings is 1. The van der Waals surface area contributed by atoms with E-state index < -0.39 is 0 Å². The van der Waals surface area contributed by atoms with Gasteiger partial charge in [0.15, 0.2) is 5.96 Å². The maximum absolute atomic E-state index is 4.45. The van der Waals surface area contributed by atoms with E-state index in [1.807, 2.05) is 13.2 Å². The van der Waals surface area contributed by atoms with E-state index >= 15 is 0 Å². The van der Waals surface area contributed by atoms with E-state index in [0.29, 0.717) is 0 Å². The number of hydrogen-bond acceptors (Lipinski definition) is 4. The largest absolute Gasteiger partial charge is 0.350 e. The van der Waals surface area contributed by atoms with Gasteiger partial charge in [-0.15, -0.1) is 11.3 Å². The van der Waals surface area contributed by atoms with E-state index in [-0.39, 0.29) is 0 Å². The van der Waals surface area contributed by atoms with E-state index in [9.17, 15) is 0 Å². The fourth-order valence-corrected chi connectivity index (χ4v) is 4.22. The number of hydrogen-bond donors (Lipinski definition) is 1. The molecule has 0 radical (unpaired) electrons. The molecule has 6 heteroatoms. The zero-order chi connectivity index (χ0) is 14.4. The molecule has 1 saturated heterocycles. The summed E-state index contributed by atoms with van der Waals surface area (Å²) in [5.41, 5.74) is 0. The lowest BCUT2D eigenvalue weighted by atomic mass is 10.3. The quantitative estimate of drug-likeness (QED) is 0.685. The smallest absolute Gasteiger partial charge is 0.194 e. The average molecular weight is 313 g/mol. The maximum Gasteiger partial charge on any atom is 0.194 e. The standard InChI is InChI=1S/C14H24N4S2/c1-4-11-8-16-13(20-11)9-17-14(15-3)18-6-7-19-12(5-2)10-18/h8,12H,4-7,9-10H2,1-3H3,(H,15,17). The van der Waals surface area contributed by atoms with Crippen molar-refractivity contribution in [3.05, 3.63) is 16.1 Å². The topological polar surface area (TPSA) is 40.5 Å². The summed E-state index contributed by atoms with van der Waals surface area (Å²) in [6.45, 7) is 7.38. The van der Waals surface area contributed by atoms with Gasteiger partial charge in [-0.3, -0.25) is 4.99 Å². The number of nitrogens with one attached hydrogen (secondary N) is 1. The van der Waals surface area contributed by atoms with Gasteiger partial charge in [0.05, 0.1) is 6.54 Å². The molecule has 4 nitrogen and oxygen atoms in total. The summed E-state index contributed by atoms with van der Waals surface area (Å²) >= 11 is 3.87. The van der Waals surface area contributed by atoms with Crippen molar-refractivity contribution in [3.63, 3.8) is 0 Å². The SMILES string of the molecule is CCc1cnc(CNC(=NC)N2CCSC(CC)C2)s1. The van der Waals surface area contributed by atoms with E-state index in [0.717, 1.165) is 42.3 Å². The summed E-state index contributed by atoms with van der Waals surface area (Å²) in [4.78, 5) is 12.6. The summed E-state index contributed by atoms with van der Waals surface area (Å²) < 4.78 is 0. The van der Waals surface area contributed by atoms with Crippen LogP contribution in [0.25, 0.3) is 0 Å². The average Bonchev–Trinajstić information content (AvgIpc) is 2.96. The minimum Gasteiger partial charge on any atom is -0.350 e. The number of guanidine groups is 1. The van der Waals surface area contributed by atoms with Gasteiger partial charge in [0, 0.05) is 42.2 Å². The van der Waals surface area contributed by atoms with Gasteiger partial charge in [0.25, 0.3) is 0 Å². The van der Waals surface area contributed by atoms with Crippen molar-refractivity contribution in [1.82, 2.24) is 15.2 Å². The lowest BCUT2D eigenvalue weighted by Crippen LogP contribution is -2.47. The number of aryl methyl sites for hydroxylation is 1. The molecule has 1 fully saturated rings. The molecule has 0 bridgehead atoms. The molecule has 0 amide bonds. The summed E-state index contributed by atoms with van der Waals surface area (Å²) in [6, 6.07) is 0. The Morgan fingerprint density at radius 1 is 1.55 bits per heavy atom. The molecule has 1 unspecified atom stereocenters. The predicted molar refractivity (Wildman–Crippen MR) is 89.8 cm³/mol. The molecule has 20 heavy (non-hydrogen) atoms. The van der Waals surface area contributed by atoms with Crippen molar-refractivity contribution < 1.29 is 0 Å². The molecule has 0 saturated carbocycles. The van der Waals surface area contributed by atoms with E-state index in [4.69, 9.17) is 0 Å². The molecule has 1 N–H and O–H groups in total. The van der Waals surface area contributed by atoms with Gasteiger partial charge in [0.1, 0.15) is 5.01 Å². The number of rotatable bonds is 4. The Balaban J connectivity index is 1.88. The van der Waals surface area contributed by atoms with Crippen LogP contribution in [0.5, 0.6) is 0 Å². The van der Waals surface area contributed by atoms with Crippen molar-refractivity contribution in [3.8, 4) is 0 Å². The summed E-state index contributed by atoms with van der Waals surface area (Å²) in [7, 11) is 1.87. The van der Waals surface area contributed by atoms with Gasteiger partial charge in [-0.25, -0.2) is 4.98 Å². The lowest BCUT2D eigenvalue weighted by Gasteiger charge is -2.34. The molecule has 0 aliphatic carbocycles. The fourth-order valence-electron chi connectivity index (χ4n) is 2.24. The van der Waals surface area contributed by atoms with Crippen molar-refractivity contribution in [2.45, 2.75) is 38.5 Å². The van der Waals surface area contributed by atoms with Crippen molar-refractivity contribution in [2.75, 3.05) is 25.9 Å². The van der Waals surface area contributed by atoms with E-state index in [1.54, 1.807) is 11.3 Å². The highest BCUT2D eigenvalue weighted by molar-refractivity contribution is 8.00. The molecule has 2 rings (SSSR count). The summed E-state index contributed by atoms with van der Waals surface area (Å²) in [5, 5.41) is 5.32. The molecule has 1 aliphatic heterocycles. The van der Waals surface area contributed by atoms with Gasteiger partial charge in [-0.2, -0.15) is 11.8 Å². The Morgan fingerprint density at radius 2 is 2.40 bits per heavy atom. The van der Waals surface area contributed by atoms with Crippen LogP contribution < -0.4 is 5.32 Å². The first kappa shape index (κ1) is 15.6. The Kier molecular flexibility index (Phi) is 6.16. The van der Waals surface area contributed by atoms with Crippen LogP contribution in [0, 0.1) is 0 Å². The third kappa shape index (κ3) is 4.12. The van der Waals surface area contributed by atoms with Gasteiger partial charge < -0.3 is 10.2 Å². The summed E-state index contributed by atoms with van der Waals surface area (Å²) in [6.07, 6.45) is 4.27. The number of aromatic nitrogens is 1. The first-order valence-corrected chi connectivity index (χ1v) is 9.14. The Labute approximate surface area is 130 Å². The third-order valence-corrected chi connectivity index (χ3v) is 5.97. The molecule has 1 aliphatic rings. The van der Waals surface area contributed by atoms with Gasteiger partial charge in [-0.05, 0) is 12.8 Å². The van der Waals surface area contributed by atoms with Gasteiger partial charge in [0.2, 0.25) is 0 Å². The van der Waals surface area contributed by atoms with Crippen LogP contribution in [0.2, 0.25) is 0 Å². The molecule has 1 aromatic rings. The molecular weight excluding hydrogens is 288 g/mol. The molecule has 0 aromatic carbocycles. The normalized spacial score (nSPS) is 20.2. The minimum atomic E-state index is 0.730. The molecule has 112 valence electrons. The van der Waals surface area contributed by atoms with Gasteiger partial charge >= 0.3 is 0 Å². The van der Waals surface area contributed by atoms with E-state index in [1.165, 1.54) is 17.1 Å². The molecule has 1 aromatic heterocycles. The zero-order valence-electron chi connectivity index (χ0n) is 12.6. The second-order valence-electron chi connectivity index (χ2n) is 4.82. The lowest BCUT2D eigenvalue weighted by molar-refractivity contribution is 0.408. The van der Waals surface area contributed by atoms with Crippen LogP contribution in [-0.4, -0.2) is 47.0 Å². The second kappa shape index (κ2) is 7.88.